The molecule has 1 atom stereocenters. The van der Waals surface area contributed by atoms with E-state index in [1.165, 1.54) is 24.0 Å². The maximum atomic E-state index is 6.18. The summed E-state index contributed by atoms with van der Waals surface area (Å²) in [6.45, 7) is 8.81. The van der Waals surface area contributed by atoms with Crippen LogP contribution < -0.4 is 0 Å². The molecule has 6 heteroatoms. The summed E-state index contributed by atoms with van der Waals surface area (Å²) < 4.78 is 6.18. The lowest BCUT2D eigenvalue weighted by molar-refractivity contribution is -0.0494. The second-order valence-corrected chi connectivity index (χ2v) is 9.75. The van der Waals surface area contributed by atoms with Crippen LogP contribution in [0, 0.1) is 5.41 Å². The molecule has 0 N–H and O–H groups in total. The maximum absolute atomic E-state index is 6.18. The number of hydrogen-bond donors (Lipinski definition) is 0. The number of ether oxygens (including phenoxy) is 1. The predicted molar refractivity (Wildman–Crippen MR) is 128 cm³/mol. The Hall–Kier alpha value is -0.810. The van der Waals surface area contributed by atoms with Gasteiger partial charge >= 0.3 is 0 Å². The van der Waals surface area contributed by atoms with Crippen LogP contribution in [0.3, 0.4) is 0 Å². The highest BCUT2D eigenvalue weighted by Gasteiger charge is 2.60. The van der Waals surface area contributed by atoms with Gasteiger partial charge in [-0.05, 0) is 41.5 Å². The number of piperazine rings is 1. The molecule has 3 aliphatic heterocycles. The SMILES string of the molecule is CC12COC(CN3CCN(C(c4ccccc4)c4ccc(Cl)cc4)CC3)(C1)C2.Cl.Cl. The van der Waals surface area contributed by atoms with Gasteiger partial charge < -0.3 is 4.74 Å². The van der Waals surface area contributed by atoms with Crippen LogP contribution in [-0.4, -0.2) is 54.7 Å². The van der Waals surface area contributed by atoms with Crippen molar-refractivity contribution in [2.75, 3.05) is 39.3 Å². The molecule has 3 nitrogen and oxygen atoms in total. The average molecular weight is 470 g/mol. The molecule has 2 aromatic rings. The Morgan fingerprint density at radius 2 is 1.50 bits per heavy atom. The molecule has 0 spiro atoms. The van der Waals surface area contributed by atoms with E-state index in [-0.39, 0.29) is 36.5 Å². The number of fused-ring (bicyclic) bond motifs is 1. The second-order valence-electron chi connectivity index (χ2n) is 9.31. The van der Waals surface area contributed by atoms with Crippen molar-refractivity contribution in [3.63, 3.8) is 0 Å². The minimum absolute atomic E-state index is 0. The van der Waals surface area contributed by atoms with Crippen LogP contribution in [0.25, 0.3) is 0 Å². The first kappa shape index (κ1) is 23.8. The Labute approximate surface area is 197 Å². The zero-order chi connectivity index (χ0) is 19.2. The first-order valence-corrected chi connectivity index (χ1v) is 10.8. The topological polar surface area (TPSA) is 15.7 Å². The van der Waals surface area contributed by atoms with Crippen LogP contribution in [0.15, 0.2) is 54.6 Å². The lowest BCUT2D eigenvalue weighted by Crippen LogP contribution is -2.55. The molecule has 1 unspecified atom stereocenters. The van der Waals surface area contributed by atoms with Crippen molar-refractivity contribution in [1.82, 2.24) is 9.80 Å². The number of hydrogen-bond acceptors (Lipinski definition) is 3. The molecule has 0 radical (unpaired) electrons. The van der Waals surface area contributed by atoms with Crippen LogP contribution in [0.2, 0.25) is 5.02 Å². The number of halogens is 3. The van der Waals surface area contributed by atoms with Gasteiger partial charge in [-0.2, -0.15) is 0 Å². The van der Waals surface area contributed by atoms with Gasteiger partial charge in [0.15, 0.2) is 0 Å². The van der Waals surface area contributed by atoms with Crippen LogP contribution in [0.4, 0.5) is 0 Å². The number of rotatable bonds is 5. The molecule has 3 heterocycles. The minimum atomic E-state index is 0. The summed E-state index contributed by atoms with van der Waals surface area (Å²) in [6, 6.07) is 19.5. The Balaban J connectivity index is 0.00000128. The summed E-state index contributed by atoms with van der Waals surface area (Å²) in [6.07, 6.45) is 2.50. The van der Waals surface area contributed by atoms with Crippen molar-refractivity contribution in [2.24, 2.45) is 5.41 Å². The zero-order valence-electron chi connectivity index (χ0n) is 17.4. The van der Waals surface area contributed by atoms with Gasteiger partial charge in [0.25, 0.3) is 0 Å². The molecule has 1 aliphatic carbocycles. The number of nitrogens with zero attached hydrogens (tertiary/aromatic N) is 2. The van der Waals surface area contributed by atoms with Crippen LogP contribution >= 0.6 is 36.4 Å². The van der Waals surface area contributed by atoms with Gasteiger partial charge in [0.05, 0.1) is 18.2 Å². The third-order valence-electron chi connectivity index (χ3n) is 6.81. The first-order valence-electron chi connectivity index (χ1n) is 10.5. The lowest BCUT2D eigenvalue weighted by atomic mass is 9.63. The minimum Gasteiger partial charge on any atom is -0.373 e. The van der Waals surface area contributed by atoms with E-state index in [1.54, 1.807) is 0 Å². The Morgan fingerprint density at radius 3 is 2.07 bits per heavy atom. The van der Waals surface area contributed by atoms with Crippen molar-refractivity contribution in [3.05, 3.63) is 70.7 Å². The van der Waals surface area contributed by atoms with Gasteiger partial charge in [-0.1, -0.05) is 61.0 Å². The van der Waals surface area contributed by atoms with E-state index in [9.17, 15) is 0 Å². The molecule has 4 aliphatic rings. The van der Waals surface area contributed by atoms with Crippen molar-refractivity contribution in [3.8, 4) is 0 Å². The molecule has 164 valence electrons. The Kier molecular flexibility index (Phi) is 7.44. The second kappa shape index (κ2) is 9.36. The van der Waals surface area contributed by atoms with Gasteiger partial charge in [-0.25, -0.2) is 0 Å². The highest BCUT2D eigenvalue weighted by Crippen LogP contribution is 2.57. The molecule has 1 saturated carbocycles. The summed E-state index contributed by atoms with van der Waals surface area (Å²) in [4.78, 5) is 5.23. The fourth-order valence-corrected chi connectivity index (χ4v) is 5.80. The molecule has 2 aromatic carbocycles. The van der Waals surface area contributed by atoms with E-state index in [0.717, 1.165) is 44.4 Å². The average Bonchev–Trinajstić information content (AvgIpc) is 3.18. The maximum Gasteiger partial charge on any atom is 0.0821 e. The largest absolute Gasteiger partial charge is 0.373 e. The third kappa shape index (κ3) is 4.67. The van der Waals surface area contributed by atoms with Crippen molar-refractivity contribution >= 4 is 36.4 Å². The predicted octanol–water partition coefficient (Wildman–Crippen LogP) is 5.46. The monoisotopic (exact) mass is 468 g/mol. The molecule has 0 aromatic heterocycles. The molecule has 2 bridgehead atoms. The van der Waals surface area contributed by atoms with E-state index in [1.807, 2.05) is 12.1 Å². The summed E-state index contributed by atoms with van der Waals surface area (Å²) >= 11 is 6.14. The van der Waals surface area contributed by atoms with E-state index in [0.29, 0.717) is 5.41 Å². The summed E-state index contributed by atoms with van der Waals surface area (Å²) in [5.74, 6) is 0. The lowest BCUT2D eigenvalue weighted by Gasteiger charge is -2.47. The first-order chi connectivity index (χ1) is 13.5. The van der Waals surface area contributed by atoms with Crippen molar-refractivity contribution < 1.29 is 4.74 Å². The van der Waals surface area contributed by atoms with E-state index >= 15 is 0 Å². The Morgan fingerprint density at radius 1 is 0.900 bits per heavy atom. The van der Waals surface area contributed by atoms with Crippen LogP contribution in [0.5, 0.6) is 0 Å². The van der Waals surface area contributed by atoms with Crippen molar-refractivity contribution in [1.29, 1.82) is 0 Å². The molecular weight excluding hydrogens is 439 g/mol. The van der Waals surface area contributed by atoms with E-state index < -0.39 is 0 Å². The summed E-state index contributed by atoms with van der Waals surface area (Å²) in [7, 11) is 0. The third-order valence-corrected chi connectivity index (χ3v) is 7.06. The normalized spacial score (nSPS) is 29.4. The Bertz CT molecular complexity index is 816. The highest BCUT2D eigenvalue weighted by molar-refractivity contribution is 6.30. The summed E-state index contributed by atoms with van der Waals surface area (Å²) in [5.41, 5.74) is 3.29. The number of benzene rings is 2. The molecule has 0 amide bonds. The molecule has 3 saturated heterocycles. The molecule has 4 fully saturated rings. The van der Waals surface area contributed by atoms with Gasteiger partial charge in [0.2, 0.25) is 0 Å². The van der Waals surface area contributed by atoms with Gasteiger partial charge in [0, 0.05) is 37.7 Å². The fourth-order valence-electron chi connectivity index (χ4n) is 5.67. The van der Waals surface area contributed by atoms with E-state index in [2.05, 4.69) is 59.2 Å². The smallest absolute Gasteiger partial charge is 0.0821 e. The molecule has 6 rings (SSSR count). The van der Waals surface area contributed by atoms with Gasteiger partial charge in [0.1, 0.15) is 0 Å². The zero-order valence-corrected chi connectivity index (χ0v) is 19.8. The van der Waals surface area contributed by atoms with Gasteiger partial charge in [-0.3, -0.25) is 9.80 Å². The fraction of sp³-hybridized carbons (Fsp3) is 0.500. The summed E-state index contributed by atoms with van der Waals surface area (Å²) in [5, 5.41) is 0.795. The van der Waals surface area contributed by atoms with Crippen LogP contribution in [-0.2, 0) is 4.74 Å². The molecular formula is C24H31Cl3N2O. The van der Waals surface area contributed by atoms with Crippen LogP contribution in [0.1, 0.15) is 36.9 Å². The highest BCUT2D eigenvalue weighted by atomic mass is 35.5. The van der Waals surface area contributed by atoms with Gasteiger partial charge in [-0.15, -0.1) is 24.8 Å². The standard InChI is InChI=1S/C24H29ClN2O.2ClH/c1-23-15-24(16-23,28-18-23)17-26-11-13-27(14-12-26)22(19-5-3-2-4-6-19)20-7-9-21(25)10-8-20;;/h2-10,22H,11-18H2,1H3;2*1H. The van der Waals surface area contributed by atoms with E-state index in [4.69, 9.17) is 16.3 Å². The quantitative estimate of drug-likeness (QED) is 0.578. The van der Waals surface area contributed by atoms with Crippen molar-refractivity contribution in [2.45, 2.75) is 31.4 Å². The molecule has 30 heavy (non-hydrogen) atoms.